The maximum absolute atomic E-state index is 6.05. The van der Waals surface area contributed by atoms with Crippen molar-refractivity contribution < 1.29 is 0 Å². The number of aryl methyl sites for hydroxylation is 1. The average Bonchev–Trinajstić information content (AvgIpc) is 2.15. The van der Waals surface area contributed by atoms with Crippen LogP contribution in [0.15, 0.2) is 18.2 Å². The van der Waals surface area contributed by atoms with Gasteiger partial charge in [-0.05, 0) is 30.5 Å². The molecule has 2 heteroatoms. The summed E-state index contributed by atoms with van der Waals surface area (Å²) >= 11 is 6.05. The fourth-order valence-corrected chi connectivity index (χ4v) is 1.60. The van der Waals surface area contributed by atoms with Crippen LogP contribution < -0.4 is 5.32 Å². The predicted molar refractivity (Wildman–Crippen MR) is 59.6 cm³/mol. The van der Waals surface area contributed by atoms with E-state index in [2.05, 4.69) is 18.3 Å². The summed E-state index contributed by atoms with van der Waals surface area (Å²) in [4.78, 5) is 0. The van der Waals surface area contributed by atoms with E-state index in [1.165, 1.54) is 18.4 Å². The lowest BCUT2D eigenvalue weighted by atomic mass is 10.1. The van der Waals surface area contributed by atoms with E-state index in [9.17, 15) is 0 Å². The van der Waals surface area contributed by atoms with Crippen molar-refractivity contribution in [2.24, 2.45) is 0 Å². The molecule has 0 saturated heterocycles. The fourth-order valence-electron chi connectivity index (χ4n) is 1.30. The SMILES string of the molecule is CCCCc1ccc(NC)c(Cl)c1. The van der Waals surface area contributed by atoms with Crippen LogP contribution in [-0.4, -0.2) is 7.05 Å². The molecule has 0 aromatic heterocycles. The minimum absolute atomic E-state index is 0.816. The molecule has 1 nitrogen and oxygen atoms in total. The van der Waals surface area contributed by atoms with Crippen LogP contribution in [0.2, 0.25) is 5.02 Å². The van der Waals surface area contributed by atoms with Crippen LogP contribution in [0.3, 0.4) is 0 Å². The second-order valence-corrected chi connectivity index (χ2v) is 3.57. The molecule has 1 rings (SSSR count). The summed E-state index contributed by atoms with van der Waals surface area (Å²) in [5.74, 6) is 0. The highest BCUT2D eigenvalue weighted by molar-refractivity contribution is 6.33. The number of unbranched alkanes of at least 4 members (excludes halogenated alkanes) is 1. The van der Waals surface area contributed by atoms with Gasteiger partial charge in [0.15, 0.2) is 0 Å². The Kier molecular flexibility index (Phi) is 4.10. The molecule has 1 aromatic rings. The van der Waals surface area contributed by atoms with Crippen LogP contribution in [0.4, 0.5) is 5.69 Å². The summed E-state index contributed by atoms with van der Waals surface area (Å²) in [7, 11) is 1.88. The van der Waals surface area contributed by atoms with E-state index < -0.39 is 0 Å². The molecule has 1 N–H and O–H groups in total. The Balaban J connectivity index is 2.71. The summed E-state index contributed by atoms with van der Waals surface area (Å²) in [5.41, 5.74) is 2.33. The Labute approximate surface area is 85.1 Å². The first-order valence-electron chi connectivity index (χ1n) is 4.74. The van der Waals surface area contributed by atoms with Crippen LogP contribution in [0.25, 0.3) is 0 Å². The van der Waals surface area contributed by atoms with Crippen molar-refractivity contribution in [3.05, 3.63) is 28.8 Å². The Hall–Kier alpha value is -0.690. The standard InChI is InChI=1S/C11H16ClN/c1-3-4-5-9-6-7-11(13-2)10(12)8-9/h6-8,13H,3-5H2,1-2H3. The van der Waals surface area contributed by atoms with E-state index in [-0.39, 0.29) is 0 Å². The maximum Gasteiger partial charge on any atom is 0.0640 e. The van der Waals surface area contributed by atoms with Gasteiger partial charge in [0.2, 0.25) is 0 Å². The van der Waals surface area contributed by atoms with E-state index >= 15 is 0 Å². The monoisotopic (exact) mass is 197 g/mol. The van der Waals surface area contributed by atoms with Gasteiger partial charge < -0.3 is 5.32 Å². The van der Waals surface area contributed by atoms with E-state index in [1.54, 1.807) is 0 Å². The van der Waals surface area contributed by atoms with Crippen molar-refractivity contribution >= 4 is 17.3 Å². The molecular weight excluding hydrogens is 182 g/mol. The lowest BCUT2D eigenvalue weighted by Gasteiger charge is -2.05. The molecule has 0 radical (unpaired) electrons. The van der Waals surface area contributed by atoms with E-state index in [4.69, 9.17) is 11.6 Å². The number of hydrogen-bond donors (Lipinski definition) is 1. The number of benzene rings is 1. The highest BCUT2D eigenvalue weighted by Crippen LogP contribution is 2.23. The molecule has 0 saturated carbocycles. The van der Waals surface area contributed by atoms with Gasteiger partial charge in [-0.1, -0.05) is 31.0 Å². The Morgan fingerprint density at radius 2 is 2.15 bits per heavy atom. The van der Waals surface area contributed by atoms with Crippen molar-refractivity contribution in [3.8, 4) is 0 Å². The van der Waals surface area contributed by atoms with E-state index in [0.29, 0.717) is 0 Å². The molecule has 0 aliphatic rings. The lowest BCUT2D eigenvalue weighted by Crippen LogP contribution is -1.91. The predicted octanol–water partition coefficient (Wildman–Crippen LogP) is 3.72. The smallest absolute Gasteiger partial charge is 0.0640 e. The topological polar surface area (TPSA) is 12.0 Å². The van der Waals surface area contributed by atoms with Crippen molar-refractivity contribution in [1.29, 1.82) is 0 Å². The van der Waals surface area contributed by atoms with Gasteiger partial charge in [0, 0.05) is 7.05 Å². The number of anilines is 1. The summed E-state index contributed by atoms with van der Waals surface area (Å²) in [6, 6.07) is 6.21. The lowest BCUT2D eigenvalue weighted by molar-refractivity contribution is 0.795. The zero-order chi connectivity index (χ0) is 9.68. The molecule has 0 unspecified atom stereocenters. The zero-order valence-corrected chi connectivity index (χ0v) is 8.99. The van der Waals surface area contributed by atoms with Crippen molar-refractivity contribution in [3.63, 3.8) is 0 Å². The highest BCUT2D eigenvalue weighted by atomic mass is 35.5. The minimum atomic E-state index is 0.816. The molecule has 0 spiro atoms. The zero-order valence-electron chi connectivity index (χ0n) is 8.23. The third kappa shape index (κ3) is 2.92. The van der Waals surface area contributed by atoms with Crippen LogP contribution in [0.5, 0.6) is 0 Å². The number of rotatable bonds is 4. The Bertz CT molecular complexity index is 271. The van der Waals surface area contributed by atoms with E-state index in [0.717, 1.165) is 17.1 Å². The quantitative estimate of drug-likeness (QED) is 0.776. The first-order valence-corrected chi connectivity index (χ1v) is 5.12. The van der Waals surface area contributed by atoms with Crippen LogP contribution in [0, 0.1) is 0 Å². The minimum Gasteiger partial charge on any atom is -0.387 e. The average molecular weight is 198 g/mol. The van der Waals surface area contributed by atoms with Crippen LogP contribution in [-0.2, 0) is 6.42 Å². The third-order valence-corrected chi connectivity index (χ3v) is 2.43. The number of nitrogens with one attached hydrogen (secondary N) is 1. The maximum atomic E-state index is 6.05. The van der Waals surface area contributed by atoms with Gasteiger partial charge in [0.1, 0.15) is 0 Å². The molecular formula is C11H16ClN. The van der Waals surface area contributed by atoms with E-state index in [1.807, 2.05) is 19.2 Å². The van der Waals surface area contributed by atoms with Gasteiger partial charge in [0.25, 0.3) is 0 Å². The number of hydrogen-bond acceptors (Lipinski definition) is 1. The summed E-state index contributed by atoms with van der Waals surface area (Å²) in [5, 5.41) is 3.86. The third-order valence-electron chi connectivity index (χ3n) is 2.12. The van der Waals surface area contributed by atoms with Crippen LogP contribution in [0.1, 0.15) is 25.3 Å². The molecule has 13 heavy (non-hydrogen) atoms. The second-order valence-electron chi connectivity index (χ2n) is 3.17. The highest BCUT2D eigenvalue weighted by Gasteiger charge is 1.99. The molecule has 0 amide bonds. The van der Waals surface area contributed by atoms with Gasteiger partial charge in [-0.25, -0.2) is 0 Å². The van der Waals surface area contributed by atoms with Crippen molar-refractivity contribution in [1.82, 2.24) is 0 Å². The molecule has 0 aliphatic carbocycles. The Morgan fingerprint density at radius 3 is 2.69 bits per heavy atom. The largest absolute Gasteiger partial charge is 0.387 e. The van der Waals surface area contributed by atoms with Gasteiger partial charge in [-0.3, -0.25) is 0 Å². The van der Waals surface area contributed by atoms with Crippen molar-refractivity contribution in [2.75, 3.05) is 12.4 Å². The summed E-state index contributed by atoms with van der Waals surface area (Å²) in [6.07, 6.45) is 3.58. The number of halogens is 1. The molecule has 0 bridgehead atoms. The van der Waals surface area contributed by atoms with Gasteiger partial charge in [0.05, 0.1) is 10.7 Å². The summed E-state index contributed by atoms with van der Waals surface area (Å²) in [6.45, 7) is 2.20. The van der Waals surface area contributed by atoms with Gasteiger partial charge >= 0.3 is 0 Å². The first kappa shape index (κ1) is 10.4. The Morgan fingerprint density at radius 1 is 1.38 bits per heavy atom. The van der Waals surface area contributed by atoms with Crippen LogP contribution >= 0.6 is 11.6 Å². The normalized spacial score (nSPS) is 10.1. The van der Waals surface area contributed by atoms with Gasteiger partial charge in [-0.2, -0.15) is 0 Å². The van der Waals surface area contributed by atoms with Crippen molar-refractivity contribution in [2.45, 2.75) is 26.2 Å². The van der Waals surface area contributed by atoms with Gasteiger partial charge in [-0.15, -0.1) is 0 Å². The molecule has 0 fully saturated rings. The molecule has 0 heterocycles. The molecule has 0 aliphatic heterocycles. The summed E-state index contributed by atoms with van der Waals surface area (Å²) < 4.78 is 0. The molecule has 72 valence electrons. The molecule has 1 aromatic carbocycles. The second kappa shape index (κ2) is 5.13. The first-order chi connectivity index (χ1) is 6.27. The fraction of sp³-hybridized carbons (Fsp3) is 0.455. The molecule has 0 atom stereocenters.